The molecular formula is C27H24F2N6O3. The minimum Gasteiger partial charge on any atom is -0.434 e. The lowest BCUT2D eigenvalue weighted by Crippen LogP contribution is -2.37. The fraction of sp³-hybridized carbons (Fsp3) is 0.333. The Labute approximate surface area is 216 Å². The summed E-state index contributed by atoms with van der Waals surface area (Å²) in [7, 11) is 1.73. The number of pyridine rings is 1. The molecule has 7 rings (SSSR count). The Morgan fingerprint density at radius 1 is 1.08 bits per heavy atom. The fourth-order valence-electron chi connectivity index (χ4n) is 5.94. The van der Waals surface area contributed by atoms with Crippen molar-refractivity contribution in [1.82, 2.24) is 24.5 Å². The number of morpholine rings is 1. The number of ether oxygens (including phenoxy) is 2. The number of nitrogens with zero attached hydrogens (tertiary/aromatic N) is 6. The predicted octanol–water partition coefficient (Wildman–Crippen LogP) is 3.89. The normalized spacial score (nSPS) is 20.6. The van der Waals surface area contributed by atoms with E-state index in [0.717, 1.165) is 41.0 Å². The molecule has 1 aliphatic carbocycles. The first kappa shape index (κ1) is 23.0. The number of benzene rings is 1. The van der Waals surface area contributed by atoms with Gasteiger partial charge in [-0.2, -0.15) is 13.9 Å². The summed E-state index contributed by atoms with van der Waals surface area (Å²) < 4.78 is 38.8. The second kappa shape index (κ2) is 8.73. The van der Waals surface area contributed by atoms with Crippen molar-refractivity contribution in [2.24, 2.45) is 0 Å². The summed E-state index contributed by atoms with van der Waals surface area (Å²) in [6.45, 7) is -0.170. The zero-order valence-corrected chi connectivity index (χ0v) is 20.6. The topological polar surface area (TPSA) is 85.1 Å². The van der Waals surface area contributed by atoms with Crippen LogP contribution in [0.2, 0.25) is 0 Å². The molecule has 38 heavy (non-hydrogen) atoms. The van der Waals surface area contributed by atoms with Crippen molar-refractivity contribution in [3.63, 3.8) is 0 Å². The van der Waals surface area contributed by atoms with Gasteiger partial charge in [-0.3, -0.25) is 4.79 Å². The van der Waals surface area contributed by atoms with Gasteiger partial charge in [0.25, 0.3) is 5.91 Å². The molecule has 11 heteroatoms. The molecular weight excluding hydrogens is 494 g/mol. The van der Waals surface area contributed by atoms with Gasteiger partial charge in [0.2, 0.25) is 5.95 Å². The molecule has 2 bridgehead atoms. The maximum atomic E-state index is 13.3. The Hall–Kier alpha value is -4.12. The first-order valence-electron chi connectivity index (χ1n) is 12.5. The standard InChI is InChI=1S/C27H24F2N6O3/c1-33-20-12-18(22-17(25(33)36)3-2-4-21(22)38-26(28)29)23-19-11-15(5-6-35(19)32-24(20)23)16-13-30-27(31-14-16)34-7-9-37-10-8-34/h2-6,11,13-14,18,20,26H,7-10,12H2,1H3. The average molecular weight is 519 g/mol. The highest BCUT2D eigenvalue weighted by molar-refractivity contribution is 5.98. The van der Waals surface area contributed by atoms with E-state index in [1.807, 2.05) is 18.3 Å². The molecule has 9 nitrogen and oxygen atoms in total. The number of halogens is 2. The number of anilines is 1. The lowest BCUT2D eigenvalue weighted by Gasteiger charge is -2.26. The molecule has 1 amide bonds. The van der Waals surface area contributed by atoms with Crippen LogP contribution in [0.5, 0.6) is 5.75 Å². The number of rotatable bonds is 4. The third-order valence-electron chi connectivity index (χ3n) is 7.74. The molecule has 4 aromatic rings. The lowest BCUT2D eigenvalue weighted by atomic mass is 9.88. The van der Waals surface area contributed by atoms with Crippen molar-refractivity contribution in [2.45, 2.75) is 25.0 Å². The SMILES string of the molecule is CN1C(=O)c2cccc(OC(F)F)c2C2CC1c1nn3ccc(-c4cnc(N5CCOCC5)nc4)cc3c12. The van der Waals surface area contributed by atoms with Crippen LogP contribution in [0, 0.1) is 0 Å². The van der Waals surface area contributed by atoms with Crippen LogP contribution in [0.4, 0.5) is 14.7 Å². The highest BCUT2D eigenvalue weighted by Crippen LogP contribution is 2.53. The maximum Gasteiger partial charge on any atom is 0.387 e. The van der Waals surface area contributed by atoms with Gasteiger partial charge in [-0.05, 0) is 36.2 Å². The van der Waals surface area contributed by atoms with Crippen LogP contribution in [-0.2, 0) is 4.74 Å². The second-order valence-corrected chi connectivity index (χ2v) is 9.73. The van der Waals surface area contributed by atoms with E-state index < -0.39 is 6.61 Å². The van der Waals surface area contributed by atoms with E-state index in [1.54, 1.807) is 41.0 Å². The summed E-state index contributed by atoms with van der Waals surface area (Å²) in [5.74, 6) is 0.152. The van der Waals surface area contributed by atoms with Gasteiger partial charge < -0.3 is 19.3 Å². The molecule has 0 radical (unpaired) electrons. The first-order chi connectivity index (χ1) is 18.5. The fourth-order valence-corrected chi connectivity index (χ4v) is 5.94. The van der Waals surface area contributed by atoms with Crippen molar-refractivity contribution in [2.75, 3.05) is 38.3 Å². The van der Waals surface area contributed by atoms with E-state index in [0.29, 0.717) is 36.7 Å². The van der Waals surface area contributed by atoms with Gasteiger partial charge in [0.15, 0.2) is 0 Å². The summed E-state index contributed by atoms with van der Waals surface area (Å²) in [6.07, 6.45) is 6.03. The molecule has 1 saturated heterocycles. The van der Waals surface area contributed by atoms with Crippen molar-refractivity contribution >= 4 is 17.4 Å². The molecule has 2 unspecified atom stereocenters. The Morgan fingerprint density at radius 2 is 1.87 bits per heavy atom. The molecule has 0 saturated carbocycles. The van der Waals surface area contributed by atoms with E-state index in [1.165, 1.54) is 6.07 Å². The van der Waals surface area contributed by atoms with Gasteiger partial charge in [-0.25, -0.2) is 14.5 Å². The second-order valence-electron chi connectivity index (χ2n) is 9.73. The average Bonchev–Trinajstić information content (AvgIpc) is 3.46. The van der Waals surface area contributed by atoms with E-state index in [9.17, 15) is 13.6 Å². The summed E-state index contributed by atoms with van der Waals surface area (Å²) in [5.41, 5.74) is 5.19. The Bertz CT molecular complexity index is 1550. The largest absolute Gasteiger partial charge is 0.434 e. The number of carbonyl (C=O) groups excluding carboxylic acids is 1. The third-order valence-corrected chi connectivity index (χ3v) is 7.74. The zero-order valence-electron chi connectivity index (χ0n) is 20.6. The summed E-state index contributed by atoms with van der Waals surface area (Å²) in [5, 5.41) is 4.82. The molecule has 1 aromatic carbocycles. The zero-order chi connectivity index (χ0) is 26.0. The van der Waals surface area contributed by atoms with Crippen LogP contribution in [0.25, 0.3) is 16.6 Å². The van der Waals surface area contributed by atoms with Gasteiger partial charge in [-0.15, -0.1) is 0 Å². The lowest BCUT2D eigenvalue weighted by molar-refractivity contribution is -0.0505. The highest BCUT2D eigenvalue weighted by Gasteiger charge is 2.46. The predicted molar refractivity (Wildman–Crippen MR) is 134 cm³/mol. The molecule has 0 N–H and O–H groups in total. The maximum absolute atomic E-state index is 13.3. The summed E-state index contributed by atoms with van der Waals surface area (Å²) in [6, 6.07) is 8.46. The quantitative estimate of drug-likeness (QED) is 0.405. The molecule has 3 aliphatic rings. The molecule has 2 atom stereocenters. The van der Waals surface area contributed by atoms with Crippen LogP contribution < -0.4 is 9.64 Å². The molecule has 3 aromatic heterocycles. The van der Waals surface area contributed by atoms with E-state index in [4.69, 9.17) is 14.6 Å². The Kier molecular flexibility index (Phi) is 5.29. The molecule has 1 fully saturated rings. The van der Waals surface area contributed by atoms with Gasteiger partial charge in [0, 0.05) is 66.9 Å². The van der Waals surface area contributed by atoms with Crippen LogP contribution >= 0.6 is 0 Å². The van der Waals surface area contributed by atoms with Crippen LogP contribution in [0.3, 0.4) is 0 Å². The van der Waals surface area contributed by atoms with E-state index >= 15 is 0 Å². The number of hydrogen-bond donors (Lipinski definition) is 0. The highest BCUT2D eigenvalue weighted by atomic mass is 19.3. The number of fused-ring (bicyclic) bond motifs is 9. The smallest absolute Gasteiger partial charge is 0.387 e. The molecule has 0 spiro atoms. The molecule has 2 aliphatic heterocycles. The minimum atomic E-state index is -3.00. The van der Waals surface area contributed by atoms with Crippen molar-refractivity contribution < 1.29 is 23.0 Å². The van der Waals surface area contributed by atoms with Gasteiger partial charge in [-0.1, -0.05) is 6.07 Å². The number of alkyl halides is 2. The van der Waals surface area contributed by atoms with Gasteiger partial charge in [0.1, 0.15) is 5.75 Å². The van der Waals surface area contributed by atoms with E-state index in [-0.39, 0.29) is 23.6 Å². The number of hydrogen-bond acceptors (Lipinski definition) is 7. The van der Waals surface area contributed by atoms with Gasteiger partial charge >= 0.3 is 6.61 Å². The Morgan fingerprint density at radius 3 is 2.63 bits per heavy atom. The first-order valence-corrected chi connectivity index (χ1v) is 12.5. The van der Waals surface area contributed by atoms with Crippen LogP contribution in [0.1, 0.15) is 45.6 Å². The minimum absolute atomic E-state index is 0.0281. The van der Waals surface area contributed by atoms with Crippen molar-refractivity contribution in [3.8, 4) is 16.9 Å². The number of aromatic nitrogens is 4. The van der Waals surface area contributed by atoms with Crippen molar-refractivity contribution in [1.29, 1.82) is 0 Å². The van der Waals surface area contributed by atoms with Crippen molar-refractivity contribution in [3.05, 3.63) is 71.3 Å². The molecule has 194 valence electrons. The van der Waals surface area contributed by atoms with E-state index in [2.05, 4.69) is 14.9 Å². The van der Waals surface area contributed by atoms with Crippen LogP contribution in [0.15, 0.2) is 48.9 Å². The van der Waals surface area contributed by atoms with Gasteiger partial charge in [0.05, 0.1) is 30.5 Å². The Balaban J connectivity index is 1.33. The number of amides is 1. The summed E-state index contributed by atoms with van der Waals surface area (Å²) >= 11 is 0. The molecule has 5 heterocycles. The van der Waals surface area contributed by atoms with Crippen LogP contribution in [-0.4, -0.2) is 70.4 Å². The monoisotopic (exact) mass is 518 g/mol. The number of carbonyl (C=O) groups is 1. The third kappa shape index (κ3) is 3.52. The summed E-state index contributed by atoms with van der Waals surface area (Å²) in [4.78, 5) is 26.2.